The Morgan fingerprint density at radius 2 is 1.40 bits per heavy atom. The second-order valence-corrected chi connectivity index (χ2v) is 4.20. The van der Waals surface area contributed by atoms with Crippen molar-refractivity contribution in [2.24, 2.45) is 0 Å². The molecule has 0 saturated carbocycles. The molecule has 0 aliphatic carbocycles. The van der Waals surface area contributed by atoms with E-state index in [1.165, 1.54) is 0 Å². The van der Waals surface area contributed by atoms with Gasteiger partial charge in [-0.1, -0.05) is 0 Å². The zero-order valence-electron chi connectivity index (χ0n) is 7.47. The van der Waals surface area contributed by atoms with Crippen molar-refractivity contribution in [2.45, 2.75) is 31.5 Å². The number of rotatable bonds is 3. The summed E-state index contributed by atoms with van der Waals surface area (Å²) in [4.78, 5) is 19.9. The van der Waals surface area contributed by atoms with Gasteiger partial charge in [0.25, 0.3) is 0 Å². The Hall–Kier alpha value is -0.240. The molecule has 0 spiro atoms. The summed E-state index contributed by atoms with van der Waals surface area (Å²) < 4.78 is 73.7. The summed E-state index contributed by atoms with van der Waals surface area (Å²) in [7, 11) is -5.93. The van der Waals surface area contributed by atoms with Crippen LogP contribution in [-0.2, 0) is 9.09 Å². The maximum Gasteiger partial charge on any atom is 0.456 e. The molecule has 0 aliphatic rings. The molecule has 10 heteroatoms. The molecule has 15 heavy (non-hydrogen) atoms. The number of phosphoric acid groups is 1. The van der Waals surface area contributed by atoms with Gasteiger partial charge in [0, 0.05) is 0 Å². The molecule has 0 aliphatic heterocycles. The Kier molecular flexibility index (Phi) is 3.60. The van der Waals surface area contributed by atoms with Gasteiger partial charge in [-0.15, -0.1) is 0 Å². The van der Waals surface area contributed by atoms with Gasteiger partial charge in [0.2, 0.25) is 0 Å². The van der Waals surface area contributed by atoms with Gasteiger partial charge in [0.1, 0.15) is 5.60 Å². The fourth-order valence-electron chi connectivity index (χ4n) is 0.678. The smallest absolute Gasteiger partial charge is 0.456 e. The van der Waals surface area contributed by atoms with E-state index in [0.29, 0.717) is 0 Å². The van der Waals surface area contributed by atoms with Crippen LogP contribution in [-0.4, -0.2) is 17.7 Å². The molecule has 0 aromatic carbocycles. The Morgan fingerprint density at radius 1 is 1.07 bits per heavy atom. The first-order valence-electron chi connectivity index (χ1n) is 3.38. The molecule has 0 atom stereocenters. The minimum Gasteiger partial charge on any atom is -0.790 e. The summed E-state index contributed by atoms with van der Waals surface area (Å²) in [6.45, 7) is 0.311. The standard InChI is InChI=1S/C5H8F5O4P/c1-3(2,14-15(11,12)13)4(6,7)5(8,9)10/h1-2H3,(H2,11,12,13)/p-2. The average Bonchev–Trinajstić information content (AvgIpc) is 1.77. The third kappa shape index (κ3) is 3.37. The molecular formula is C5H6F5O4P-2. The molecule has 0 radical (unpaired) electrons. The molecule has 0 N–H and O–H groups in total. The van der Waals surface area contributed by atoms with E-state index in [1.54, 1.807) is 0 Å². The summed E-state index contributed by atoms with van der Waals surface area (Å²) in [5.41, 5.74) is -3.48. The Balaban J connectivity index is 5.12. The van der Waals surface area contributed by atoms with Crippen molar-refractivity contribution < 1.29 is 40.8 Å². The van der Waals surface area contributed by atoms with Crippen molar-refractivity contribution in [3.8, 4) is 0 Å². The maximum atomic E-state index is 12.6. The van der Waals surface area contributed by atoms with Crippen LogP contribution in [0.2, 0.25) is 0 Å². The predicted octanol–water partition coefficient (Wildman–Crippen LogP) is 0.808. The number of phosphoric ester groups is 1. The van der Waals surface area contributed by atoms with Crippen molar-refractivity contribution >= 4 is 7.82 Å². The molecule has 0 saturated heterocycles. The van der Waals surface area contributed by atoms with Crippen molar-refractivity contribution in [1.82, 2.24) is 0 Å². The van der Waals surface area contributed by atoms with Gasteiger partial charge in [-0.05, 0) is 13.8 Å². The fraction of sp³-hybridized carbons (Fsp3) is 1.00. The van der Waals surface area contributed by atoms with E-state index in [4.69, 9.17) is 0 Å². The topological polar surface area (TPSA) is 72.4 Å². The lowest BCUT2D eigenvalue weighted by Gasteiger charge is -2.42. The largest absolute Gasteiger partial charge is 0.790 e. The molecule has 0 rings (SSSR count). The second-order valence-electron chi connectivity index (χ2n) is 3.12. The maximum absolute atomic E-state index is 12.6. The predicted molar refractivity (Wildman–Crippen MR) is 33.8 cm³/mol. The highest BCUT2D eigenvalue weighted by Crippen LogP contribution is 2.49. The Bertz CT molecular complexity index is 280. The molecule has 0 aromatic heterocycles. The van der Waals surface area contributed by atoms with E-state index >= 15 is 0 Å². The van der Waals surface area contributed by atoms with E-state index < -0.39 is 25.5 Å². The van der Waals surface area contributed by atoms with Gasteiger partial charge >= 0.3 is 12.1 Å². The monoisotopic (exact) mass is 256 g/mol. The third-order valence-electron chi connectivity index (χ3n) is 1.45. The second kappa shape index (κ2) is 3.65. The molecule has 4 nitrogen and oxygen atoms in total. The Labute approximate surface area is 81.3 Å². The molecule has 92 valence electrons. The highest BCUT2D eigenvalue weighted by Gasteiger charge is 2.67. The van der Waals surface area contributed by atoms with E-state index in [1.807, 2.05) is 0 Å². The highest BCUT2D eigenvalue weighted by molar-refractivity contribution is 7.43. The van der Waals surface area contributed by atoms with E-state index in [-0.39, 0.29) is 13.8 Å². The molecular weight excluding hydrogens is 250 g/mol. The van der Waals surface area contributed by atoms with E-state index in [2.05, 4.69) is 4.52 Å². The summed E-state index contributed by atoms with van der Waals surface area (Å²) in [5, 5.41) is 0. The number of hydrogen-bond acceptors (Lipinski definition) is 4. The molecule has 0 unspecified atom stereocenters. The normalized spacial score (nSPS) is 15.5. The van der Waals surface area contributed by atoms with Crippen molar-refractivity contribution in [2.75, 3.05) is 0 Å². The van der Waals surface area contributed by atoms with Crippen LogP contribution < -0.4 is 9.79 Å². The highest BCUT2D eigenvalue weighted by atomic mass is 31.2. The van der Waals surface area contributed by atoms with Crippen molar-refractivity contribution in [1.29, 1.82) is 0 Å². The van der Waals surface area contributed by atoms with Crippen LogP contribution in [0.5, 0.6) is 0 Å². The zero-order valence-corrected chi connectivity index (χ0v) is 8.36. The average molecular weight is 256 g/mol. The van der Waals surface area contributed by atoms with E-state index in [0.717, 1.165) is 0 Å². The van der Waals surface area contributed by atoms with Gasteiger partial charge in [-0.3, -0.25) is 0 Å². The first-order chi connectivity index (χ1) is 6.21. The van der Waals surface area contributed by atoms with Crippen LogP contribution >= 0.6 is 7.82 Å². The lowest BCUT2D eigenvalue weighted by atomic mass is 10.0. The zero-order chi connectivity index (χ0) is 12.7. The lowest BCUT2D eigenvalue weighted by Crippen LogP contribution is -2.55. The summed E-state index contributed by atoms with van der Waals surface area (Å²) in [6.07, 6.45) is -6.01. The minimum absolute atomic E-state index is 0.156. The van der Waals surface area contributed by atoms with Crippen molar-refractivity contribution in [3.63, 3.8) is 0 Å². The van der Waals surface area contributed by atoms with Gasteiger partial charge in [-0.25, -0.2) is 0 Å². The lowest BCUT2D eigenvalue weighted by molar-refractivity contribution is -0.376. The molecule has 0 aromatic rings. The Morgan fingerprint density at radius 3 is 1.60 bits per heavy atom. The van der Waals surface area contributed by atoms with Gasteiger partial charge in [0.15, 0.2) is 0 Å². The number of hydrogen-bond donors (Lipinski definition) is 0. The quantitative estimate of drug-likeness (QED) is 0.553. The van der Waals surface area contributed by atoms with Crippen LogP contribution in [0.15, 0.2) is 0 Å². The molecule has 0 bridgehead atoms. The van der Waals surface area contributed by atoms with Crippen LogP contribution in [0.25, 0.3) is 0 Å². The van der Waals surface area contributed by atoms with E-state index in [9.17, 15) is 36.3 Å². The third-order valence-corrected chi connectivity index (χ3v) is 2.13. The minimum atomic E-state index is -6.01. The summed E-state index contributed by atoms with van der Waals surface area (Å²) >= 11 is 0. The first-order valence-corrected chi connectivity index (χ1v) is 4.84. The SMILES string of the molecule is CC(C)(OP(=O)([O-])[O-])C(F)(F)C(F)(F)F. The van der Waals surface area contributed by atoms with Gasteiger partial charge in [-0.2, -0.15) is 22.0 Å². The van der Waals surface area contributed by atoms with Crippen LogP contribution in [0.1, 0.15) is 13.8 Å². The van der Waals surface area contributed by atoms with Crippen LogP contribution in [0.4, 0.5) is 22.0 Å². The molecule has 0 amide bonds. The van der Waals surface area contributed by atoms with Gasteiger partial charge in [0.05, 0.1) is 7.82 Å². The molecule has 0 heterocycles. The number of halogens is 5. The van der Waals surface area contributed by atoms with Gasteiger partial charge < -0.3 is 18.9 Å². The first kappa shape index (κ1) is 14.8. The summed E-state index contributed by atoms with van der Waals surface area (Å²) in [6, 6.07) is 0. The van der Waals surface area contributed by atoms with Crippen LogP contribution in [0, 0.1) is 0 Å². The fourth-order valence-corrected chi connectivity index (χ4v) is 1.35. The summed E-state index contributed by atoms with van der Waals surface area (Å²) in [5.74, 6) is -5.45. The number of alkyl halides is 5. The van der Waals surface area contributed by atoms with Crippen LogP contribution in [0.3, 0.4) is 0 Å². The van der Waals surface area contributed by atoms with Crippen molar-refractivity contribution in [3.05, 3.63) is 0 Å². The molecule has 0 fully saturated rings.